The maximum Gasteiger partial charge on any atom is 0.119 e. The molecule has 1 aliphatic carbocycles. The summed E-state index contributed by atoms with van der Waals surface area (Å²) in [5.74, 6) is 0.982. The van der Waals surface area contributed by atoms with Crippen molar-refractivity contribution in [3.8, 4) is 5.75 Å². The molecule has 0 heterocycles. The highest BCUT2D eigenvalue weighted by Crippen LogP contribution is 2.47. The molecule has 0 aliphatic heterocycles. The van der Waals surface area contributed by atoms with E-state index >= 15 is 0 Å². The Bertz CT molecular complexity index is 531. The topological polar surface area (TPSA) is 9.23 Å². The molecule has 0 aromatic heterocycles. The van der Waals surface area contributed by atoms with Crippen LogP contribution in [0, 0.1) is 5.41 Å². The minimum absolute atomic E-state index is 0.408. The number of rotatable bonds is 4. The van der Waals surface area contributed by atoms with Gasteiger partial charge in [-0.1, -0.05) is 46.3 Å². The van der Waals surface area contributed by atoms with E-state index < -0.39 is 0 Å². The first kappa shape index (κ1) is 11.1. The Labute approximate surface area is 110 Å². The second-order valence-electron chi connectivity index (χ2n) is 4.93. The Morgan fingerprint density at radius 3 is 2.53 bits per heavy atom. The van der Waals surface area contributed by atoms with E-state index in [4.69, 9.17) is 4.74 Å². The lowest BCUT2D eigenvalue weighted by molar-refractivity contribution is 0.251. The molecular weight excluding hydrogens is 276 g/mol. The van der Waals surface area contributed by atoms with Crippen molar-refractivity contribution in [1.82, 2.24) is 0 Å². The molecule has 0 saturated heterocycles. The molecule has 0 radical (unpaired) electrons. The van der Waals surface area contributed by atoms with Crippen molar-refractivity contribution in [1.29, 1.82) is 0 Å². The normalized spacial score (nSPS) is 17.0. The molecule has 17 heavy (non-hydrogen) atoms. The van der Waals surface area contributed by atoms with Crippen molar-refractivity contribution >= 4 is 26.7 Å². The monoisotopic (exact) mass is 290 g/mol. The van der Waals surface area contributed by atoms with Gasteiger partial charge in [0.1, 0.15) is 5.75 Å². The highest BCUT2D eigenvalue weighted by molar-refractivity contribution is 9.09. The fourth-order valence-electron chi connectivity index (χ4n) is 1.99. The average Bonchev–Trinajstić information content (AvgIpc) is 3.17. The predicted molar refractivity (Wildman–Crippen MR) is 74.9 cm³/mol. The molecule has 2 heteroatoms. The number of hydrogen-bond acceptors (Lipinski definition) is 1. The van der Waals surface area contributed by atoms with Crippen LogP contribution < -0.4 is 4.74 Å². The van der Waals surface area contributed by atoms with Crippen molar-refractivity contribution in [2.45, 2.75) is 12.8 Å². The molecule has 3 rings (SSSR count). The Morgan fingerprint density at radius 2 is 1.82 bits per heavy atom. The number of alkyl halides is 1. The van der Waals surface area contributed by atoms with Crippen molar-refractivity contribution in [2.75, 3.05) is 11.9 Å². The van der Waals surface area contributed by atoms with Crippen LogP contribution in [0.3, 0.4) is 0 Å². The summed E-state index contributed by atoms with van der Waals surface area (Å²) in [5, 5.41) is 3.56. The van der Waals surface area contributed by atoms with Gasteiger partial charge in [-0.2, -0.15) is 0 Å². The van der Waals surface area contributed by atoms with Gasteiger partial charge < -0.3 is 4.74 Å². The quantitative estimate of drug-likeness (QED) is 0.759. The van der Waals surface area contributed by atoms with Gasteiger partial charge in [0.2, 0.25) is 0 Å². The first-order chi connectivity index (χ1) is 8.31. The number of hydrogen-bond donors (Lipinski definition) is 0. The van der Waals surface area contributed by atoms with E-state index in [1.165, 1.54) is 23.6 Å². The van der Waals surface area contributed by atoms with E-state index in [1.807, 2.05) is 0 Å². The molecule has 0 amide bonds. The number of ether oxygens (including phenoxy) is 1. The predicted octanol–water partition coefficient (Wildman–Crippen LogP) is 4.39. The molecule has 0 N–H and O–H groups in total. The smallest absolute Gasteiger partial charge is 0.119 e. The van der Waals surface area contributed by atoms with Crippen LogP contribution in [-0.4, -0.2) is 11.9 Å². The maximum atomic E-state index is 5.90. The number of halogens is 1. The summed E-state index contributed by atoms with van der Waals surface area (Å²) in [4.78, 5) is 0. The summed E-state index contributed by atoms with van der Waals surface area (Å²) in [6.07, 6.45) is 2.57. The molecule has 2 aromatic carbocycles. The van der Waals surface area contributed by atoms with Crippen molar-refractivity contribution in [3.05, 3.63) is 42.5 Å². The second kappa shape index (κ2) is 4.34. The Balaban J connectivity index is 1.77. The minimum Gasteiger partial charge on any atom is -0.493 e. The fourth-order valence-corrected chi connectivity index (χ4v) is 2.71. The zero-order valence-electron chi connectivity index (χ0n) is 9.66. The van der Waals surface area contributed by atoms with Gasteiger partial charge >= 0.3 is 0 Å². The molecule has 1 nitrogen and oxygen atoms in total. The summed E-state index contributed by atoms with van der Waals surface area (Å²) in [7, 11) is 0. The zero-order valence-corrected chi connectivity index (χ0v) is 11.2. The van der Waals surface area contributed by atoms with Crippen molar-refractivity contribution in [2.24, 2.45) is 5.41 Å². The third kappa shape index (κ3) is 2.32. The summed E-state index contributed by atoms with van der Waals surface area (Å²) in [5.41, 5.74) is 0.408. The fraction of sp³-hybridized carbons (Fsp3) is 0.333. The van der Waals surface area contributed by atoms with E-state index in [0.29, 0.717) is 5.41 Å². The minimum atomic E-state index is 0.408. The molecule has 0 atom stereocenters. The van der Waals surface area contributed by atoms with Crippen LogP contribution in [-0.2, 0) is 0 Å². The third-order valence-electron chi connectivity index (χ3n) is 3.51. The SMILES string of the molecule is BrCC1(COc2ccc3ccccc3c2)CC1. The summed E-state index contributed by atoms with van der Waals surface area (Å²) in [6.45, 7) is 0.830. The van der Waals surface area contributed by atoms with E-state index in [-0.39, 0.29) is 0 Å². The van der Waals surface area contributed by atoms with Gasteiger partial charge in [0.15, 0.2) is 0 Å². The molecule has 88 valence electrons. The molecule has 1 fully saturated rings. The maximum absolute atomic E-state index is 5.90. The molecule has 0 bridgehead atoms. The van der Waals surface area contributed by atoms with E-state index in [1.54, 1.807) is 0 Å². The van der Waals surface area contributed by atoms with Crippen LogP contribution in [0.2, 0.25) is 0 Å². The van der Waals surface area contributed by atoms with E-state index in [0.717, 1.165) is 17.7 Å². The van der Waals surface area contributed by atoms with E-state index in [2.05, 4.69) is 58.4 Å². The molecule has 1 aliphatic rings. The summed E-state index contributed by atoms with van der Waals surface area (Å²) in [6, 6.07) is 14.7. The molecule has 0 unspecified atom stereocenters. The lowest BCUT2D eigenvalue weighted by Gasteiger charge is -2.13. The van der Waals surface area contributed by atoms with Crippen LogP contribution in [0.25, 0.3) is 10.8 Å². The second-order valence-corrected chi connectivity index (χ2v) is 5.49. The number of benzene rings is 2. The molecule has 1 saturated carbocycles. The van der Waals surface area contributed by atoms with Crippen LogP contribution in [0.4, 0.5) is 0 Å². The van der Waals surface area contributed by atoms with Gasteiger partial charge in [0, 0.05) is 10.7 Å². The standard InChI is InChI=1S/C15H15BrO/c16-10-15(7-8-15)11-17-14-6-5-12-3-1-2-4-13(12)9-14/h1-6,9H,7-8,10-11H2. The summed E-state index contributed by atoms with van der Waals surface area (Å²) >= 11 is 3.57. The van der Waals surface area contributed by atoms with Gasteiger partial charge in [-0.25, -0.2) is 0 Å². The Hall–Kier alpha value is -1.02. The van der Waals surface area contributed by atoms with Crippen LogP contribution in [0.15, 0.2) is 42.5 Å². The summed E-state index contributed by atoms with van der Waals surface area (Å²) < 4.78 is 5.90. The number of fused-ring (bicyclic) bond motifs is 1. The molecular formula is C15H15BrO. The first-order valence-corrected chi connectivity index (χ1v) is 7.11. The highest BCUT2D eigenvalue weighted by atomic mass is 79.9. The average molecular weight is 291 g/mol. The molecule has 0 spiro atoms. The zero-order chi connectivity index (χ0) is 11.7. The Morgan fingerprint density at radius 1 is 1.06 bits per heavy atom. The van der Waals surface area contributed by atoms with Gasteiger partial charge in [0.25, 0.3) is 0 Å². The van der Waals surface area contributed by atoms with Crippen molar-refractivity contribution < 1.29 is 4.74 Å². The van der Waals surface area contributed by atoms with Gasteiger partial charge in [0.05, 0.1) is 6.61 Å². The van der Waals surface area contributed by atoms with Gasteiger partial charge in [-0.15, -0.1) is 0 Å². The van der Waals surface area contributed by atoms with Crippen molar-refractivity contribution in [3.63, 3.8) is 0 Å². The van der Waals surface area contributed by atoms with Gasteiger partial charge in [-0.3, -0.25) is 0 Å². The van der Waals surface area contributed by atoms with Crippen LogP contribution in [0.5, 0.6) is 5.75 Å². The van der Waals surface area contributed by atoms with E-state index in [9.17, 15) is 0 Å². The Kier molecular flexibility index (Phi) is 2.83. The lowest BCUT2D eigenvalue weighted by atomic mass is 10.1. The molecule has 2 aromatic rings. The van der Waals surface area contributed by atoms with Crippen LogP contribution >= 0.6 is 15.9 Å². The third-order valence-corrected chi connectivity index (χ3v) is 4.70. The largest absolute Gasteiger partial charge is 0.493 e. The highest BCUT2D eigenvalue weighted by Gasteiger charge is 2.42. The first-order valence-electron chi connectivity index (χ1n) is 5.99. The lowest BCUT2D eigenvalue weighted by Crippen LogP contribution is -2.14. The van der Waals surface area contributed by atoms with Gasteiger partial charge in [-0.05, 0) is 35.7 Å². The van der Waals surface area contributed by atoms with Crippen LogP contribution in [0.1, 0.15) is 12.8 Å².